The van der Waals surface area contributed by atoms with Gasteiger partial charge in [-0.25, -0.2) is 0 Å². The maximum atomic E-state index is 10.6. The van der Waals surface area contributed by atoms with Gasteiger partial charge in [0, 0.05) is 30.6 Å². The van der Waals surface area contributed by atoms with Gasteiger partial charge < -0.3 is 10.0 Å². The number of carboxylic acid groups (broad SMARTS) is 1. The van der Waals surface area contributed by atoms with E-state index in [4.69, 9.17) is 5.11 Å². The van der Waals surface area contributed by atoms with Gasteiger partial charge in [-0.3, -0.25) is 4.79 Å². The molecule has 122 valence electrons. The van der Waals surface area contributed by atoms with Crippen molar-refractivity contribution in [2.24, 2.45) is 0 Å². The Morgan fingerprint density at radius 2 is 1.91 bits per heavy atom. The summed E-state index contributed by atoms with van der Waals surface area (Å²) in [6.45, 7) is 6.69. The molecule has 3 heteroatoms. The molecule has 0 amide bonds. The van der Waals surface area contributed by atoms with Gasteiger partial charge in [-0.05, 0) is 35.2 Å². The molecule has 0 aromatic heterocycles. The van der Waals surface area contributed by atoms with Gasteiger partial charge in [-0.2, -0.15) is 0 Å². The van der Waals surface area contributed by atoms with Crippen molar-refractivity contribution >= 4 is 22.4 Å². The normalized spacial score (nSPS) is 15.8. The molecule has 1 N–H and O–H groups in total. The van der Waals surface area contributed by atoms with Gasteiger partial charge in [-0.15, -0.1) is 0 Å². The fraction of sp³-hybridized carbons (Fsp3) is 0.450. The van der Waals surface area contributed by atoms with Gasteiger partial charge in [0.1, 0.15) is 0 Å². The van der Waals surface area contributed by atoms with Crippen molar-refractivity contribution in [2.75, 3.05) is 18.0 Å². The first-order valence-electron chi connectivity index (χ1n) is 8.48. The molecule has 0 saturated heterocycles. The lowest BCUT2D eigenvalue weighted by atomic mass is 9.84. The van der Waals surface area contributed by atoms with Crippen LogP contribution >= 0.6 is 0 Å². The Morgan fingerprint density at radius 1 is 1.13 bits per heavy atom. The first-order chi connectivity index (χ1) is 11.0. The van der Waals surface area contributed by atoms with Crippen molar-refractivity contribution in [1.29, 1.82) is 0 Å². The Morgan fingerprint density at radius 3 is 2.70 bits per heavy atom. The summed E-state index contributed by atoms with van der Waals surface area (Å²) in [5, 5.41) is 11.4. The van der Waals surface area contributed by atoms with Crippen LogP contribution in [0.5, 0.6) is 0 Å². The van der Waals surface area contributed by atoms with Gasteiger partial charge in [0.05, 0.1) is 0 Å². The molecule has 1 aliphatic heterocycles. The molecule has 2 aromatic carbocycles. The SMILES string of the molecule is CC1(C)CN(CCCCCC(=O)O)c2ccc3ccccc3c21. The van der Waals surface area contributed by atoms with Crippen LogP contribution < -0.4 is 4.90 Å². The third kappa shape index (κ3) is 3.19. The van der Waals surface area contributed by atoms with E-state index >= 15 is 0 Å². The monoisotopic (exact) mass is 311 g/mol. The number of benzene rings is 2. The van der Waals surface area contributed by atoms with Crippen LogP contribution in [0, 0.1) is 0 Å². The molecular formula is C20H25NO2. The molecular weight excluding hydrogens is 286 g/mol. The fourth-order valence-corrected chi connectivity index (χ4v) is 3.83. The molecule has 0 unspecified atom stereocenters. The van der Waals surface area contributed by atoms with Crippen LogP contribution in [0.4, 0.5) is 5.69 Å². The number of rotatable bonds is 6. The van der Waals surface area contributed by atoms with Crippen LogP contribution in [0.3, 0.4) is 0 Å². The number of aliphatic carboxylic acids is 1. The molecule has 1 heterocycles. The van der Waals surface area contributed by atoms with E-state index in [0.29, 0.717) is 0 Å². The highest BCUT2D eigenvalue weighted by Gasteiger charge is 2.35. The minimum absolute atomic E-state index is 0.150. The third-order valence-corrected chi connectivity index (χ3v) is 4.83. The lowest BCUT2D eigenvalue weighted by Crippen LogP contribution is -2.29. The summed E-state index contributed by atoms with van der Waals surface area (Å²) in [5.74, 6) is -0.691. The Bertz CT molecular complexity index is 721. The van der Waals surface area contributed by atoms with Crippen molar-refractivity contribution < 1.29 is 9.90 Å². The van der Waals surface area contributed by atoms with Crippen LogP contribution in [-0.4, -0.2) is 24.2 Å². The predicted octanol–water partition coefficient (Wildman–Crippen LogP) is 4.58. The summed E-state index contributed by atoms with van der Waals surface area (Å²) >= 11 is 0. The van der Waals surface area contributed by atoms with Gasteiger partial charge in [-0.1, -0.05) is 50.6 Å². The fourth-order valence-electron chi connectivity index (χ4n) is 3.83. The third-order valence-electron chi connectivity index (χ3n) is 4.83. The van der Waals surface area contributed by atoms with Crippen LogP contribution in [0.25, 0.3) is 10.8 Å². The van der Waals surface area contributed by atoms with Gasteiger partial charge >= 0.3 is 5.97 Å². The van der Waals surface area contributed by atoms with Gasteiger partial charge in [0.2, 0.25) is 0 Å². The highest BCUT2D eigenvalue weighted by molar-refractivity contribution is 5.92. The maximum Gasteiger partial charge on any atom is 0.303 e. The molecule has 2 aromatic rings. The molecule has 0 aliphatic carbocycles. The van der Waals surface area contributed by atoms with Crippen molar-refractivity contribution in [3.8, 4) is 0 Å². The number of hydrogen-bond acceptors (Lipinski definition) is 2. The maximum absolute atomic E-state index is 10.6. The predicted molar refractivity (Wildman–Crippen MR) is 95.3 cm³/mol. The number of nitrogens with zero attached hydrogens (tertiary/aromatic N) is 1. The Kier molecular flexibility index (Phi) is 4.29. The Hall–Kier alpha value is -2.03. The van der Waals surface area contributed by atoms with Crippen molar-refractivity contribution in [2.45, 2.75) is 44.9 Å². The van der Waals surface area contributed by atoms with Crippen molar-refractivity contribution in [1.82, 2.24) is 0 Å². The number of anilines is 1. The van der Waals surface area contributed by atoms with Crippen LogP contribution in [-0.2, 0) is 10.2 Å². The summed E-state index contributed by atoms with van der Waals surface area (Å²) in [7, 11) is 0. The molecule has 0 atom stereocenters. The first-order valence-corrected chi connectivity index (χ1v) is 8.48. The lowest BCUT2D eigenvalue weighted by Gasteiger charge is -2.22. The molecule has 0 saturated carbocycles. The summed E-state index contributed by atoms with van der Waals surface area (Å²) < 4.78 is 0. The molecule has 1 aliphatic rings. The summed E-state index contributed by atoms with van der Waals surface area (Å²) in [5.41, 5.74) is 2.96. The number of fused-ring (bicyclic) bond motifs is 3. The second-order valence-electron chi connectivity index (χ2n) is 7.19. The molecule has 3 rings (SSSR count). The zero-order valence-corrected chi connectivity index (χ0v) is 14.0. The van der Waals surface area contributed by atoms with Crippen LogP contribution in [0.1, 0.15) is 45.1 Å². The number of unbranched alkanes of at least 4 members (excludes halogenated alkanes) is 2. The summed E-state index contributed by atoms with van der Waals surface area (Å²) in [4.78, 5) is 13.1. The van der Waals surface area contributed by atoms with E-state index in [1.807, 2.05) is 0 Å². The highest BCUT2D eigenvalue weighted by Crippen LogP contribution is 2.44. The highest BCUT2D eigenvalue weighted by atomic mass is 16.4. The zero-order valence-electron chi connectivity index (χ0n) is 14.0. The lowest BCUT2D eigenvalue weighted by molar-refractivity contribution is -0.137. The number of carboxylic acids is 1. The summed E-state index contributed by atoms with van der Waals surface area (Å²) in [6.07, 6.45) is 3.09. The molecule has 3 nitrogen and oxygen atoms in total. The van der Waals surface area contributed by atoms with E-state index in [1.165, 1.54) is 22.0 Å². The standard InChI is InChI=1S/C20H25NO2/c1-20(2)14-21(13-7-3-4-10-18(22)23)17-12-11-15-8-5-6-9-16(15)19(17)20/h5-6,8-9,11-12H,3-4,7,10,13-14H2,1-2H3,(H,22,23). The van der Waals surface area contributed by atoms with E-state index in [0.717, 1.165) is 32.4 Å². The van der Waals surface area contributed by atoms with Crippen molar-refractivity contribution in [3.05, 3.63) is 42.0 Å². The second-order valence-corrected chi connectivity index (χ2v) is 7.19. The van der Waals surface area contributed by atoms with E-state index < -0.39 is 5.97 Å². The van der Waals surface area contributed by atoms with E-state index in [-0.39, 0.29) is 11.8 Å². The quantitative estimate of drug-likeness (QED) is 0.794. The smallest absolute Gasteiger partial charge is 0.303 e. The van der Waals surface area contributed by atoms with Gasteiger partial charge in [0.25, 0.3) is 0 Å². The molecule has 0 bridgehead atoms. The second kappa shape index (κ2) is 6.23. The first kappa shape index (κ1) is 15.9. The average Bonchev–Trinajstić information content (AvgIpc) is 2.78. The Labute approximate surface area is 137 Å². The van der Waals surface area contributed by atoms with Crippen LogP contribution in [0.2, 0.25) is 0 Å². The molecule has 23 heavy (non-hydrogen) atoms. The molecule has 0 spiro atoms. The zero-order chi connectivity index (χ0) is 16.4. The minimum Gasteiger partial charge on any atom is -0.481 e. The molecule has 0 fully saturated rings. The van der Waals surface area contributed by atoms with E-state index in [9.17, 15) is 4.79 Å². The van der Waals surface area contributed by atoms with Crippen LogP contribution in [0.15, 0.2) is 36.4 Å². The number of hydrogen-bond donors (Lipinski definition) is 1. The molecule has 0 radical (unpaired) electrons. The van der Waals surface area contributed by atoms with Crippen molar-refractivity contribution in [3.63, 3.8) is 0 Å². The average molecular weight is 311 g/mol. The van der Waals surface area contributed by atoms with E-state index in [1.54, 1.807) is 0 Å². The van der Waals surface area contributed by atoms with E-state index in [2.05, 4.69) is 55.1 Å². The number of carbonyl (C=O) groups is 1. The topological polar surface area (TPSA) is 40.5 Å². The summed E-state index contributed by atoms with van der Waals surface area (Å²) in [6, 6.07) is 13.1. The minimum atomic E-state index is -0.691. The Balaban J connectivity index is 1.77. The van der Waals surface area contributed by atoms with Gasteiger partial charge in [0.15, 0.2) is 0 Å². The largest absolute Gasteiger partial charge is 0.481 e.